The number of anilines is 1. The van der Waals surface area contributed by atoms with Gasteiger partial charge < -0.3 is 15.0 Å². The van der Waals surface area contributed by atoms with Gasteiger partial charge in [0, 0.05) is 40.3 Å². The molecular formula is C19H28N4O5S. The molecule has 2 heterocycles. The summed E-state index contributed by atoms with van der Waals surface area (Å²) in [6.07, 6.45) is 1.21. The highest BCUT2D eigenvalue weighted by molar-refractivity contribution is 7.86. The second kappa shape index (κ2) is 9.21. The third kappa shape index (κ3) is 4.95. The third-order valence-electron chi connectivity index (χ3n) is 5.26. The van der Waals surface area contributed by atoms with Gasteiger partial charge in [0.2, 0.25) is 5.91 Å². The van der Waals surface area contributed by atoms with Crippen LogP contribution in [0.15, 0.2) is 24.3 Å². The topological polar surface area (TPSA) is 99.3 Å². The lowest BCUT2D eigenvalue weighted by atomic mass is 9.98. The number of amides is 2. The minimum absolute atomic E-state index is 0.131. The number of carbonyl (C=O) groups excluding carboxylic acids is 2. The molecule has 0 radical (unpaired) electrons. The van der Waals surface area contributed by atoms with Gasteiger partial charge in [0.25, 0.3) is 16.1 Å². The third-order valence-corrected chi connectivity index (χ3v) is 7.16. The molecule has 0 saturated carbocycles. The van der Waals surface area contributed by atoms with E-state index in [9.17, 15) is 18.0 Å². The van der Waals surface area contributed by atoms with Crippen LogP contribution in [0.3, 0.4) is 0 Å². The number of nitrogens with one attached hydrogen (secondary N) is 1. The zero-order valence-corrected chi connectivity index (χ0v) is 17.7. The van der Waals surface area contributed by atoms with Crippen LogP contribution in [0.5, 0.6) is 0 Å². The summed E-state index contributed by atoms with van der Waals surface area (Å²) in [5.74, 6) is -0.888. The molecule has 10 heteroatoms. The number of rotatable bonds is 5. The van der Waals surface area contributed by atoms with E-state index in [-0.39, 0.29) is 18.4 Å². The Hall–Kier alpha value is -2.01. The first-order chi connectivity index (χ1) is 13.8. The Kier molecular flexibility index (Phi) is 6.89. The number of piperidine rings is 1. The largest absolute Gasteiger partial charge is 0.378 e. The minimum atomic E-state index is -3.56. The molecule has 3 rings (SSSR count). The van der Waals surface area contributed by atoms with Crippen molar-refractivity contribution in [1.29, 1.82) is 0 Å². The van der Waals surface area contributed by atoms with Crippen molar-refractivity contribution in [2.24, 2.45) is 5.92 Å². The van der Waals surface area contributed by atoms with Crippen molar-refractivity contribution >= 4 is 27.7 Å². The summed E-state index contributed by atoms with van der Waals surface area (Å²) in [7, 11) is -0.604. The van der Waals surface area contributed by atoms with Crippen molar-refractivity contribution < 1.29 is 22.7 Å². The molecule has 1 aromatic rings. The Morgan fingerprint density at radius 1 is 1.14 bits per heavy atom. The molecule has 2 aliphatic rings. The predicted octanol–water partition coefficient (Wildman–Crippen LogP) is 0.616. The van der Waals surface area contributed by atoms with E-state index in [4.69, 9.17) is 4.74 Å². The molecule has 0 bridgehead atoms. The van der Waals surface area contributed by atoms with Gasteiger partial charge in [-0.2, -0.15) is 17.0 Å². The normalized spacial score (nSPS) is 21.2. The smallest absolute Gasteiger partial charge is 0.281 e. The molecule has 2 amide bonds. The Morgan fingerprint density at radius 3 is 2.52 bits per heavy atom. The molecule has 1 aromatic carbocycles. The number of hydrogen-bond acceptors (Lipinski definition) is 5. The van der Waals surface area contributed by atoms with E-state index in [2.05, 4.69) is 5.32 Å². The van der Waals surface area contributed by atoms with Gasteiger partial charge in [-0.05, 0) is 25.0 Å². The van der Waals surface area contributed by atoms with Crippen LogP contribution in [-0.2, 0) is 19.7 Å². The number of carbonyl (C=O) groups is 2. The summed E-state index contributed by atoms with van der Waals surface area (Å²) in [4.78, 5) is 27.4. The van der Waals surface area contributed by atoms with Gasteiger partial charge in [0.15, 0.2) is 0 Å². The predicted molar refractivity (Wildman–Crippen MR) is 109 cm³/mol. The van der Waals surface area contributed by atoms with E-state index in [0.29, 0.717) is 56.9 Å². The maximum absolute atomic E-state index is 12.9. The van der Waals surface area contributed by atoms with E-state index in [1.54, 1.807) is 29.2 Å². The maximum Gasteiger partial charge on any atom is 0.281 e. The van der Waals surface area contributed by atoms with Gasteiger partial charge >= 0.3 is 0 Å². The Balaban J connectivity index is 1.71. The summed E-state index contributed by atoms with van der Waals surface area (Å²) in [6, 6.07) is 6.91. The van der Waals surface area contributed by atoms with Crippen LogP contribution in [0.25, 0.3) is 0 Å². The fourth-order valence-corrected chi connectivity index (χ4v) is 4.74. The van der Waals surface area contributed by atoms with Crippen LogP contribution in [0.1, 0.15) is 23.2 Å². The quantitative estimate of drug-likeness (QED) is 0.747. The lowest BCUT2D eigenvalue weighted by molar-refractivity contribution is -0.120. The van der Waals surface area contributed by atoms with Crippen molar-refractivity contribution in [1.82, 2.24) is 13.5 Å². The highest BCUT2D eigenvalue weighted by Crippen LogP contribution is 2.24. The number of morpholine rings is 1. The lowest BCUT2D eigenvalue weighted by Crippen LogP contribution is -2.47. The second-order valence-corrected chi connectivity index (χ2v) is 9.57. The zero-order valence-electron chi connectivity index (χ0n) is 16.8. The van der Waals surface area contributed by atoms with Crippen LogP contribution >= 0.6 is 0 Å². The molecule has 2 aliphatic heterocycles. The second-order valence-electron chi connectivity index (χ2n) is 7.43. The first kappa shape index (κ1) is 21.7. The molecule has 29 heavy (non-hydrogen) atoms. The number of hydrogen-bond donors (Lipinski definition) is 1. The molecule has 0 aliphatic carbocycles. The summed E-state index contributed by atoms with van der Waals surface area (Å²) >= 11 is 0. The van der Waals surface area contributed by atoms with Crippen LogP contribution in [0.4, 0.5) is 5.69 Å². The van der Waals surface area contributed by atoms with Gasteiger partial charge in [-0.15, -0.1) is 0 Å². The van der Waals surface area contributed by atoms with Crippen LogP contribution in [0.2, 0.25) is 0 Å². The minimum Gasteiger partial charge on any atom is -0.378 e. The Morgan fingerprint density at radius 2 is 1.83 bits per heavy atom. The lowest BCUT2D eigenvalue weighted by Gasteiger charge is -2.33. The summed E-state index contributed by atoms with van der Waals surface area (Å²) in [5, 5.41) is 2.85. The molecule has 2 fully saturated rings. The van der Waals surface area contributed by atoms with Crippen molar-refractivity contribution in [3.63, 3.8) is 0 Å². The maximum atomic E-state index is 12.9. The fourth-order valence-electron chi connectivity index (χ4n) is 3.55. The van der Waals surface area contributed by atoms with Crippen LogP contribution < -0.4 is 5.32 Å². The highest BCUT2D eigenvalue weighted by Gasteiger charge is 2.34. The van der Waals surface area contributed by atoms with Crippen molar-refractivity contribution in [2.45, 2.75) is 12.8 Å². The molecule has 9 nitrogen and oxygen atoms in total. The summed E-state index contributed by atoms with van der Waals surface area (Å²) in [6.45, 7) is 2.56. The van der Waals surface area contributed by atoms with Crippen molar-refractivity contribution in [3.8, 4) is 0 Å². The SMILES string of the molecule is CN(C)S(=O)(=O)N1CCCC(C(=O)Nc2ccccc2C(=O)N2CCOCC2)C1. The van der Waals surface area contributed by atoms with Gasteiger partial charge in [0.05, 0.1) is 30.4 Å². The van der Waals surface area contributed by atoms with E-state index >= 15 is 0 Å². The average molecular weight is 425 g/mol. The standard InChI is InChI=1S/C19H28N4O5S/c1-21(2)29(26,27)23-9-5-6-15(14-23)18(24)20-17-8-4-3-7-16(17)19(25)22-10-12-28-13-11-22/h3-4,7-8,15H,5-6,9-14H2,1-2H3,(H,20,24). The van der Waals surface area contributed by atoms with E-state index in [1.807, 2.05) is 0 Å². The number of nitrogens with zero attached hydrogens (tertiary/aromatic N) is 3. The monoisotopic (exact) mass is 424 g/mol. The van der Waals surface area contributed by atoms with Crippen LogP contribution in [-0.4, -0.2) is 87.2 Å². The van der Waals surface area contributed by atoms with Gasteiger partial charge in [0.1, 0.15) is 0 Å². The first-order valence-corrected chi connectivity index (χ1v) is 11.1. The molecule has 0 aromatic heterocycles. The average Bonchev–Trinajstić information content (AvgIpc) is 2.74. The molecule has 2 saturated heterocycles. The Labute approximate surface area is 171 Å². The highest BCUT2D eigenvalue weighted by atomic mass is 32.2. The fraction of sp³-hybridized carbons (Fsp3) is 0.579. The molecule has 0 spiro atoms. The molecule has 1 unspecified atom stereocenters. The summed E-state index contributed by atoms with van der Waals surface area (Å²) in [5.41, 5.74) is 0.873. The molecule has 1 N–H and O–H groups in total. The summed E-state index contributed by atoms with van der Waals surface area (Å²) < 4.78 is 32.6. The molecular weight excluding hydrogens is 396 g/mol. The van der Waals surface area contributed by atoms with Gasteiger partial charge in [-0.1, -0.05) is 12.1 Å². The van der Waals surface area contributed by atoms with Gasteiger partial charge in [-0.25, -0.2) is 0 Å². The molecule has 1 atom stereocenters. The number of benzene rings is 1. The molecule has 160 valence electrons. The van der Waals surface area contributed by atoms with Crippen molar-refractivity contribution in [3.05, 3.63) is 29.8 Å². The van der Waals surface area contributed by atoms with E-state index in [1.165, 1.54) is 18.4 Å². The van der Waals surface area contributed by atoms with Gasteiger partial charge in [-0.3, -0.25) is 9.59 Å². The first-order valence-electron chi connectivity index (χ1n) is 9.75. The van der Waals surface area contributed by atoms with E-state index < -0.39 is 16.1 Å². The van der Waals surface area contributed by atoms with Crippen molar-refractivity contribution in [2.75, 3.05) is 58.8 Å². The zero-order chi connectivity index (χ0) is 21.0. The number of para-hydroxylation sites is 1. The Bertz CT molecular complexity index is 852. The van der Waals surface area contributed by atoms with Crippen LogP contribution in [0, 0.1) is 5.92 Å². The number of ether oxygens (including phenoxy) is 1. The van der Waals surface area contributed by atoms with E-state index in [0.717, 1.165) is 4.31 Å².